The van der Waals surface area contributed by atoms with Crippen molar-refractivity contribution < 1.29 is 22.7 Å². The first-order chi connectivity index (χ1) is 16.3. The van der Waals surface area contributed by atoms with Crippen molar-refractivity contribution in [1.82, 2.24) is 9.29 Å². The van der Waals surface area contributed by atoms with Gasteiger partial charge in [-0.2, -0.15) is 4.31 Å². The van der Waals surface area contributed by atoms with Crippen LogP contribution in [0.5, 0.6) is 11.5 Å². The van der Waals surface area contributed by atoms with Gasteiger partial charge in [0.2, 0.25) is 15.9 Å². The van der Waals surface area contributed by atoms with Crippen molar-refractivity contribution in [3.63, 3.8) is 0 Å². The Labute approximate surface area is 203 Å². The molecule has 1 aliphatic heterocycles. The van der Waals surface area contributed by atoms with E-state index in [-0.39, 0.29) is 16.6 Å². The van der Waals surface area contributed by atoms with Crippen LogP contribution in [0.3, 0.4) is 0 Å². The molecule has 8 nitrogen and oxygen atoms in total. The Kier molecular flexibility index (Phi) is 7.30. The quantitative estimate of drug-likeness (QED) is 0.465. The normalized spacial score (nSPS) is 13.3. The summed E-state index contributed by atoms with van der Waals surface area (Å²) in [5, 5.41) is 4.53. The molecule has 0 radical (unpaired) electrons. The topological polar surface area (TPSA) is 97.8 Å². The Hall–Kier alpha value is -2.82. The van der Waals surface area contributed by atoms with Crippen molar-refractivity contribution in [2.24, 2.45) is 0 Å². The van der Waals surface area contributed by atoms with E-state index in [9.17, 15) is 13.2 Å². The van der Waals surface area contributed by atoms with Crippen LogP contribution in [-0.4, -0.2) is 55.7 Å². The lowest BCUT2D eigenvalue weighted by molar-refractivity contribution is -0.113. The van der Waals surface area contributed by atoms with E-state index in [4.69, 9.17) is 14.5 Å². The van der Waals surface area contributed by atoms with Crippen LogP contribution in [0.2, 0.25) is 0 Å². The Balaban J connectivity index is 1.41. The van der Waals surface area contributed by atoms with Crippen LogP contribution in [0, 0.1) is 6.92 Å². The van der Waals surface area contributed by atoms with E-state index >= 15 is 0 Å². The number of nitrogens with one attached hydrogen (secondary N) is 1. The maximum absolute atomic E-state index is 12.6. The number of nitrogens with zero attached hydrogens (tertiary/aromatic N) is 2. The third-order valence-corrected chi connectivity index (χ3v) is 8.60. The first kappa shape index (κ1) is 24.3. The number of thioether (sulfide) groups is 1. The van der Waals surface area contributed by atoms with Gasteiger partial charge in [-0.15, -0.1) is 0 Å². The summed E-state index contributed by atoms with van der Waals surface area (Å²) in [6.45, 7) is 7.40. The molecule has 0 saturated carbocycles. The van der Waals surface area contributed by atoms with Gasteiger partial charge in [-0.3, -0.25) is 4.79 Å². The number of rotatable bonds is 8. The highest BCUT2D eigenvalue weighted by Gasteiger charge is 2.21. The number of hydrogen-bond donors (Lipinski definition) is 1. The van der Waals surface area contributed by atoms with Crippen LogP contribution in [0.1, 0.15) is 19.4 Å². The number of aryl methyl sites for hydroxylation is 1. The lowest BCUT2D eigenvalue weighted by atomic mass is 10.1. The third-order valence-electron chi connectivity index (χ3n) is 5.44. The van der Waals surface area contributed by atoms with E-state index < -0.39 is 10.0 Å². The largest absolute Gasteiger partial charge is 0.486 e. The highest BCUT2D eigenvalue weighted by atomic mass is 32.2. The first-order valence-corrected chi connectivity index (χ1v) is 13.5. The molecule has 0 fully saturated rings. The van der Waals surface area contributed by atoms with Crippen molar-refractivity contribution in [3.8, 4) is 11.5 Å². The van der Waals surface area contributed by atoms with E-state index in [0.29, 0.717) is 37.7 Å². The first-order valence-electron chi connectivity index (χ1n) is 11.1. The Morgan fingerprint density at radius 3 is 2.35 bits per heavy atom. The molecule has 1 aliphatic rings. The zero-order chi connectivity index (χ0) is 24.3. The van der Waals surface area contributed by atoms with Gasteiger partial charge in [-0.1, -0.05) is 25.6 Å². The van der Waals surface area contributed by atoms with Gasteiger partial charge in [0, 0.05) is 30.2 Å². The van der Waals surface area contributed by atoms with Crippen LogP contribution in [-0.2, 0) is 14.8 Å². The Morgan fingerprint density at radius 1 is 1.06 bits per heavy atom. The minimum Gasteiger partial charge on any atom is -0.486 e. The number of amides is 1. The van der Waals surface area contributed by atoms with Gasteiger partial charge in [0.15, 0.2) is 11.5 Å². The van der Waals surface area contributed by atoms with Crippen molar-refractivity contribution in [1.29, 1.82) is 0 Å². The van der Waals surface area contributed by atoms with E-state index in [1.807, 2.05) is 25.1 Å². The van der Waals surface area contributed by atoms with Crippen LogP contribution in [0.15, 0.2) is 52.4 Å². The summed E-state index contributed by atoms with van der Waals surface area (Å²) >= 11 is 1.35. The molecule has 3 aromatic rings. The molecule has 0 bridgehead atoms. The second-order valence-corrected chi connectivity index (χ2v) is 10.7. The smallest absolute Gasteiger partial charge is 0.243 e. The van der Waals surface area contributed by atoms with Crippen molar-refractivity contribution >= 4 is 44.3 Å². The fraction of sp³-hybridized carbons (Fsp3) is 0.333. The molecule has 10 heteroatoms. The number of ether oxygens (including phenoxy) is 2. The summed E-state index contributed by atoms with van der Waals surface area (Å²) in [4.78, 5) is 17.4. The SMILES string of the molecule is CCN(CC)S(=O)(=O)c1ccc(NC(=O)CSc2nc3cc4c(cc3cc2C)OCCO4)cc1. The minimum absolute atomic E-state index is 0.170. The summed E-state index contributed by atoms with van der Waals surface area (Å²) in [6.07, 6.45) is 0. The number of hydrogen-bond acceptors (Lipinski definition) is 7. The predicted molar refractivity (Wildman–Crippen MR) is 133 cm³/mol. The van der Waals surface area contributed by atoms with Crippen LogP contribution in [0.25, 0.3) is 10.9 Å². The van der Waals surface area contributed by atoms with E-state index in [1.165, 1.54) is 28.2 Å². The van der Waals surface area contributed by atoms with Gasteiger partial charge >= 0.3 is 0 Å². The number of benzene rings is 2. The van der Waals surface area contributed by atoms with Crippen molar-refractivity contribution in [3.05, 3.63) is 48.0 Å². The maximum atomic E-state index is 12.6. The summed E-state index contributed by atoms with van der Waals surface area (Å²) in [5.41, 5.74) is 2.28. The van der Waals surface area contributed by atoms with Crippen LogP contribution in [0.4, 0.5) is 5.69 Å². The van der Waals surface area contributed by atoms with E-state index in [0.717, 1.165) is 27.2 Å². The average Bonchev–Trinajstić information content (AvgIpc) is 2.82. The number of anilines is 1. The number of pyridine rings is 1. The summed E-state index contributed by atoms with van der Waals surface area (Å²) < 4.78 is 37.9. The molecule has 0 unspecified atom stereocenters. The van der Waals surface area contributed by atoms with Gasteiger partial charge in [0.05, 0.1) is 16.2 Å². The average molecular weight is 502 g/mol. The van der Waals surface area contributed by atoms with E-state index in [2.05, 4.69) is 5.32 Å². The lowest BCUT2D eigenvalue weighted by Gasteiger charge is -2.19. The minimum atomic E-state index is -3.53. The molecule has 4 rings (SSSR count). The molecule has 180 valence electrons. The maximum Gasteiger partial charge on any atom is 0.243 e. The molecule has 1 aromatic heterocycles. The molecular weight excluding hydrogens is 474 g/mol. The molecule has 0 aliphatic carbocycles. The van der Waals surface area contributed by atoms with Gasteiger partial charge in [-0.25, -0.2) is 13.4 Å². The summed E-state index contributed by atoms with van der Waals surface area (Å²) in [7, 11) is -3.53. The zero-order valence-corrected chi connectivity index (χ0v) is 21.0. The Bertz CT molecular complexity index is 1310. The second kappa shape index (κ2) is 10.2. The lowest BCUT2D eigenvalue weighted by Crippen LogP contribution is -2.30. The van der Waals surface area contributed by atoms with Gasteiger partial charge < -0.3 is 14.8 Å². The highest BCUT2D eigenvalue weighted by molar-refractivity contribution is 8.00. The van der Waals surface area contributed by atoms with Gasteiger partial charge in [-0.05, 0) is 48.9 Å². The number of fused-ring (bicyclic) bond motifs is 2. The molecule has 0 saturated heterocycles. The van der Waals surface area contributed by atoms with E-state index in [1.54, 1.807) is 26.0 Å². The molecule has 0 atom stereocenters. The number of carbonyl (C=O) groups is 1. The number of sulfonamides is 1. The number of aromatic nitrogens is 1. The number of carbonyl (C=O) groups excluding carboxylic acids is 1. The molecule has 1 amide bonds. The van der Waals surface area contributed by atoms with Gasteiger partial charge in [0.25, 0.3) is 0 Å². The Morgan fingerprint density at radius 2 is 1.71 bits per heavy atom. The molecule has 1 N–H and O–H groups in total. The molecule has 0 spiro atoms. The predicted octanol–water partition coefficient (Wildman–Crippen LogP) is 4.08. The van der Waals surface area contributed by atoms with Crippen molar-refractivity contribution in [2.45, 2.75) is 30.7 Å². The monoisotopic (exact) mass is 501 g/mol. The van der Waals surface area contributed by atoms with Gasteiger partial charge in [0.1, 0.15) is 18.2 Å². The fourth-order valence-electron chi connectivity index (χ4n) is 3.70. The third kappa shape index (κ3) is 5.13. The molecule has 2 heterocycles. The molecule has 2 aromatic carbocycles. The summed E-state index contributed by atoms with van der Waals surface area (Å²) in [5.74, 6) is 1.36. The second-order valence-electron chi connectivity index (χ2n) is 7.75. The molecule has 34 heavy (non-hydrogen) atoms. The van der Waals surface area contributed by atoms with Crippen LogP contribution < -0.4 is 14.8 Å². The molecular formula is C24H27N3O5S2. The standard InChI is InChI=1S/C24H27N3O5S2/c1-4-27(5-2)34(29,30)19-8-6-18(7-9-19)25-23(28)15-33-24-16(3)12-17-13-21-22(14-20(17)26-24)32-11-10-31-21/h6-9,12-14H,4-5,10-11,15H2,1-3H3,(H,25,28). The zero-order valence-electron chi connectivity index (χ0n) is 19.3. The highest BCUT2D eigenvalue weighted by Crippen LogP contribution is 2.35. The van der Waals surface area contributed by atoms with Crippen molar-refractivity contribution in [2.75, 3.05) is 37.4 Å². The van der Waals surface area contributed by atoms with Crippen LogP contribution >= 0.6 is 11.8 Å². The fourth-order valence-corrected chi connectivity index (χ4v) is 5.95. The summed E-state index contributed by atoms with van der Waals surface area (Å²) in [6, 6.07) is 12.0.